The van der Waals surface area contributed by atoms with Gasteiger partial charge in [0.05, 0.1) is 13.0 Å². The van der Waals surface area contributed by atoms with E-state index >= 15 is 0 Å². The molecule has 1 aromatic carbocycles. The standard InChI is InChI=1S/C15H22O3/c1-2-3-4-5-10-18-12-14-8-6-13(7-9-14)11-15(16)17/h6-9H,2-5,10-12H2,1H3,(H,16,17). The lowest BCUT2D eigenvalue weighted by atomic mass is 10.1. The van der Waals surface area contributed by atoms with Crippen molar-refractivity contribution in [3.8, 4) is 0 Å². The molecule has 18 heavy (non-hydrogen) atoms. The van der Waals surface area contributed by atoms with Crippen LogP contribution in [0.5, 0.6) is 0 Å². The van der Waals surface area contributed by atoms with E-state index < -0.39 is 5.97 Å². The van der Waals surface area contributed by atoms with Gasteiger partial charge in [0.25, 0.3) is 0 Å². The summed E-state index contributed by atoms with van der Waals surface area (Å²) < 4.78 is 5.57. The fraction of sp³-hybridized carbons (Fsp3) is 0.533. The number of hydrogen-bond acceptors (Lipinski definition) is 2. The van der Waals surface area contributed by atoms with Crippen molar-refractivity contribution in [2.45, 2.75) is 45.6 Å². The molecule has 0 saturated carbocycles. The lowest BCUT2D eigenvalue weighted by molar-refractivity contribution is -0.136. The number of carbonyl (C=O) groups is 1. The monoisotopic (exact) mass is 250 g/mol. The highest BCUT2D eigenvalue weighted by Gasteiger charge is 2.00. The van der Waals surface area contributed by atoms with E-state index in [-0.39, 0.29) is 6.42 Å². The van der Waals surface area contributed by atoms with Crippen LogP contribution in [0.3, 0.4) is 0 Å². The van der Waals surface area contributed by atoms with Gasteiger partial charge in [0, 0.05) is 6.61 Å². The molecule has 0 amide bonds. The van der Waals surface area contributed by atoms with Gasteiger partial charge in [-0.3, -0.25) is 4.79 Å². The largest absolute Gasteiger partial charge is 0.481 e. The zero-order valence-electron chi connectivity index (χ0n) is 11.0. The number of benzene rings is 1. The molecule has 3 nitrogen and oxygen atoms in total. The number of rotatable bonds is 9. The second-order valence-electron chi connectivity index (χ2n) is 4.50. The van der Waals surface area contributed by atoms with Crippen LogP contribution < -0.4 is 0 Å². The highest BCUT2D eigenvalue weighted by atomic mass is 16.5. The number of carboxylic acids is 1. The first-order valence-electron chi connectivity index (χ1n) is 6.59. The lowest BCUT2D eigenvalue weighted by Gasteiger charge is -2.05. The third-order valence-corrected chi connectivity index (χ3v) is 2.79. The SMILES string of the molecule is CCCCCCOCc1ccc(CC(=O)O)cc1. The van der Waals surface area contributed by atoms with E-state index in [0.29, 0.717) is 6.61 Å². The Morgan fingerprint density at radius 3 is 2.39 bits per heavy atom. The average molecular weight is 250 g/mol. The second kappa shape index (κ2) is 8.70. The Bertz CT molecular complexity index is 343. The molecule has 0 spiro atoms. The minimum atomic E-state index is -0.796. The Morgan fingerprint density at radius 2 is 1.78 bits per heavy atom. The van der Waals surface area contributed by atoms with Gasteiger partial charge in [-0.25, -0.2) is 0 Å². The Labute approximate surface area is 109 Å². The smallest absolute Gasteiger partial charge is 0.307 e. The number of unbranched alkanes of at least 4 members (excludes halogenated alkanes) is 3. The van der Waals surface area contributed by atoms with E-state index in [1.165, 1.54) is 19.3 Å². The van der Waals surface area contributed by atoms with Gasteiger partial charge >= 0.3 is 5.97 Å². The van der Waals surface area contributed by atoms with Crippen molar-refractivity contribution < 1.29 is 14.6 Å². The quantitative estimate of drug-likeness (QED) is 0.683. The van der Waals surface area contributed by atoms with Gasteiger partial charge in [0.1, 0.15) is 0 Å². The molecule has 0 bridgehead atoms. The molecular formula is C15H22O3. The van der Waals surface area contributed by atoms with E-state index in [0.717, 1.165) is 24.2 Å². The predicted octanol–water partition coefficient (Wildman–Crippen LogP) is 3.41. The van der Waals surface area contributed by atoms with Crippen LogP contribution in [0.4, 0.5) is 0 Å². The van der Waals surface area contributed by atoms with Crippen LogP contribution in [0.25, 0.3) is 0 Å². The lowest BCUT2D eigenvalue weighted by Crippen LogP contribution is -2.00. The Hall–Kier alpha value is -1.35. The summed E-state index contributed by atoms with van der Waals surface area (Å²) in [5, 5.41) is 8.66. The number of ether oxygens (including phenoxy) is 1. The summed E-state index contributed by atoms with van der Waals surface area (Å²) in [4.78, 5) is 10.5. The molecule has 0 aliphatic heterocycles. The van der Waals surface area contributed by atoms with Gasteiger partial charge in [0.2, 0.25) is 0 Å². The van der Waals surface area contributed by atoms with Gasteiger partial charge in [-0.1, -0.05) is 50.5 Å². The molecule has 0 radical (unpaired) electrons. The summed E-state index contributed by atoms with van der Waals surface area (Å²) in [5.74, 6) is -0.796. The third kappa shape index (κ3) is 6.40. The van der Waals surface area contributed by atoms with E-state index in [1.54, 1.807) is 0 Å². The van der Waals surface area contributed by atoms with Gasteiger partial charge in [0.15, 0.2) is 0 Å². The molecule has 0 heterocycles. The van der Waals surface area contributed by atoms with Crippen LogP contribution in [-0.2, 0) is 22.6 Å². The molecule has 1 aromatic rings. The molecule has 1 N–H and O–H groups in total. The van der Waals surface area contributed by atoms with Crippen molar-refractivity contribution in [3.63, 3.8) is 0 Å². The summed E-state index contributed by atoms with van der Waals surface area (Å²) in [6, 6.07) is 7.57. The van der Waals surface area contributed by atoms with Crippen molar-refractivity contribution >= 4 is 5.97 Å². The molecule has 1 rings (SSSR count). The minimum absolute atomic E-state index is 0.0815. The topological polar surface area (TPSA) is 46.5 Å². The first kappa shape index (κ1) is 14.7. The van der Waals surface area contributed by atoms with Gasteiger partial charge in [-0.15, -0.1) is 0 Å². The van der Waals surface area contributed by atoms with Crippen LogP contribution in [0, 0.1) is 0 Å². The molecule has 100 valence electrons. The molecule has 0 aliphatic rings. The van der Waals surface area contributed by atoms with Crippen molar-refractivity contribution in [2.75, 3.05) is 6.61 Å². The molecule has 0 aliphatic carbocycles. The zero-order chi connectivity index (χ0) is 13.2. The maximum atomic E-state index is 10.5. The van der Waals surface area contributed by atoms with Gasteiger partial charge < -0.3 is 9.84 Å². The van der Waals surface area contributed by atoms with Crippen LogP contribution in [-0.4, -0.2) is 17.7 Å². The normalized spacial score (nSPS) is 10.5. The number of carboxylic acid groups (broad SMARTS) is 1. The second-order valence-corrected chi connectivity index (χ2v) is 4.50. The van der Waals surface area contributed by atoms with E-state index in [2.05, 4.69) is 6.92 Å². The predicted molar refractivity (Wildman–Crippen MR) is 71.6 cm³/mol. The third-order valence-electron chi connectivity index (χ3n) is 2.79. The number of aliphatic carboxylic acids is 1. The first-order chi connectivity index (χ1) is 8.72. The van der Waals surface area contributed by atoms with Gasteiger partial charge in [-0.05, 0) is 17.5 Å². The fourth-order valence-electron chi connectivity index (χ4n) is 1.75. The summed E-state index contributed by atoms with van der Waals surface area (Å²) >= 11 is 0. The van der Waals surface area contributed by atoms with Crippen LogP contribution in [0.2, 0.25) is 0 Å². The number of hydrogen-bond donors (Lipinski definition) is 1. The summed E-state index contributed by atoms with van der Waals surface area (Å²) in [6.45, 7) is 3.61. The molecule has 0 atom stereocenters. The molecule has 0 aromatic heterocycles. The molecule has 0 unspecified atom stereocenters. The molecular weight excluding hydrogens is 228 g/mol. The van der Waals surface area contributed by atoms with Gasteiger partial charge in [-0.2, -0.15) is 0 Å². The van der Waals surface area contributed by atoms with Crippen molar-refractivity contribution in [3.05, 3.63) is 35.4 Å². The average Bonchev–Trinajstić information content (AvgIpc) is 2.35. The summed E-state index contributed by atoms with van der Waals surface area (Å²) in [6.07, 6.45) is 4.94. The summed E-state index contributed by atoms with van der Waals surface area (Å²) in [7, 11) is 0. The van der Waals surface area contributed by atoms with Crippen molar-refractivity contribution in [1.29, 1.82) is 0 Å². The Balaban J connectivity index is 2.20. The molecule has 0 saturated heterocycles. The molecule has 0 fully saturated rings. The Kier molecular flexibility index (Phi) is 7.11. The zero-order valence-corrected chi connectivity index (χ0v) is 11.0. The summed E-state index contributed by atoms with van der Waals surface area (Å²) in [5.41, 5.74) is 1.92. The fourth-order valence-corrected chi connectivity index (χ4v) is 1.75. The van der Waals surface area contributed by atoms with Crippen LogP contribution in [0.1, 0.15) is 43.7 Å². The Morgan fingerprint density at radius 1 is 1.11 bits per heavy atom. The van der Waals surface area contributed by atoms with E-state index in [9.17, 15) is 4.79 Å². The maximum absolute atomic E-state index is 10.5. The van der Waals surface area contributed by atoms with E-state index in [4.69, 9.17) is 9.84 Å². The van der Waals surface area contributed by atoms with Crippen LogP contribution >= 0.6 is 0 Å². The highest BCUT2D eigenvalue weighted by molar-refractivity contribution is 5.70. The van der Waals surface area contributed by atoms with Crippen molar-refractivity contribution in [1.82, 2.24) is 0 Å². The van der Waals surface area contributed by atoms with Crippen LogP contribution in [0.15, 0.2) is 24.3 Å². The minimum Gasteiger partial charge on any atom is -0.481 e. The molecule has 3 heteroatoms. The van der Waals surface area contributed by atoms with Crippen molar-refractivity contribution in [2.24, 2.45) is 0 Å². The van der Waals surface area contributed by atoms with E-state index in [1.807, 2.05) is 24.3 Å². The first-order valence-corrected chi connectivity index (χ1v) is 6.59. The highest BCUT2D eigenvalue weighted by Crippen LogP contribution is 2.07. The maximum Gasteiger partial charge on any atom is 0.307 e.